The van der Waals surface area contributed by atoms with Gasteiger partial charge in [0.1, 0.15) is 6.54 Å². The third kappa shape index (κ3) is 4.40. The van der Waals surface area contributed by atoms with Gasteiger partial charge in [0.15, 0.2) is 0 Å². The van der Waals surface area contributed by atoms with Crippen molar-refractivity contribution in [3.63, 3.8) is 0 Å². The summed E-state index contributed by atoms with van der Waals surface area (Å²) in [6.45, 7) is 8.16. The maximum atomic E-state index is 12.6. The first kappa shape index (κ1) is 17.9. The van der Waals surface area contributed by atoms with Gasteiger partial charge in [-0.25, -0.2) is 0 Å². The Labute approximate surface area is 150 Å². The second kappa shape index (κ2) is 8.00. The summed E-state index contributed by atoms with van der Waals surface area (Å²) in [5.74, 6) is 0.124. The van der Waals surface area contributed by atoms with Gasteiger partial charge in [-0.3, -0.25) is 9.59 Å². The Balaban J connectivity index is 1.53. The molecule has 136 valence electrons. The average Bonchev–Trinajstić information content (AvgIpc) is 3.11. The van der Waals surface area contributed by atoms with Gasteiger partial charge < -0.3 is 14.7 Å². The van der Waals surface area contributed by atoms with Crippen molar-refractivity contribution in [2.75, 3.05) is 37.6 Å². The number of benzene rings is 1. The number of amides is 2. The molecule has 5 heteroatoms. The molecular weight excluding hydrogens is 314 g/mol. The Bertz CT molecular complexity index is 608. The molecule has 2 saturated heterocycles. The van der Waals surface area contributed by atoms with Crippen LogP contribution in [0.25, 0.3) is 0 Å². The summed E-state index contributed by atoms with van der Waals surface area (Å²) in [4.78, 5) is 31.1. The topological polar surface area (TPSA) is 43.9 Å². The predicted molar refractivity (Wildman–Crippen MR) is 99.6 cm³/mol. The minimum Gasteiger partial charge on any atom is -0.329 e. The molecule has 0 unspecified atom stereocenters. The van der Waals surface area contributed by atoms with Crippen molar-refractivity contribution in [3.8, 4) is 0 Å². The minimum atomic E-state index is 0.00912. The summed E-state index contributed by atoms with van der Waals surface area (Å²) < 4.78 is 0. The zero-order chi connectivity index (χ0) is 17.8. The van der Waals surface area contributed by atoms with Gasteiger partial charge in [-0.1, -0.05) is 17.7 Å². The fraction of sp³-hybridized carbons (Fsp3) is 0.600. The quantitative estimate of drug-likeness (QED) is 0.825. The maximum Gasteiger partial charge on any atom is 0.246 e. The Morgan fingerprint density at radius 2 is 1.84 bits per heavy atom. The highest BCUT2D eigenvalue weighted by molar-refractivity contribution is 5.98. The van der Waals surface area contributed by atoms with E-state index in [1.807, 2.05) is 38.1 Å². The molecule has 5 nitrogen and oxygen atoms in total. The lowest BCUT2D eigenvalue weighted by atomic mass is 10.1. The molecule has 0 spiro atoms. The van der Waals surface area contributed by atoms with Crippen molar-refractivity contribution in [2.45, 2.75) is 45.6 Å². The van der Waals surface area contributed by atoms with E-state index in [-0.39, 0.29) is 24.4 Å². The van der Waals surface area contributed by atoms with E-state index in [2.05, 4.69) is 4.90 Å². The molecule has 0 N–H and O–H groups in total. The number of rotatable bonds is 5. The number of piperazine rings is 1. The van der Waals surface area contributed by atoms with Crippen LogP contribution in [0.4, 0.5) is 5.69 Å². The van der Waals surface area contributed by atoms with Crippen molar-refractivity contribution in [3.05, 3.63) is 29.8 Å². The maximum absolute atomic E-state index is 12.6. The molecular formula is C20H29N3O2. The van der Waals surface area contributed by atoms with Gasteiger partial charge in [0.05, 0.1) is 0 Å². The lowest BCUT2D eigenvalue weighted by Crippen LogP contribution is -2.57. The van der Waals surface area contributed by atoms with E-state index in [1.165, 1.54) is 18.4 Å². The molecule has 2 aliphatic rings. The Morgan fingerprint density at radius 3 is 2.52 bits per heavy atom. The molecule has 0 aliphatic carbocycles. The third-order valence-electron chi connectivity index (χ3n) is 5.32. The lowest BCUT2D eigenvalue weighted by Gasteiger charge is -2.39. The van der Waals surface area contributed by atoms with E-state index in [9.17, 15) is 9.59 Å². The number of carbonyl (C=O) groups is 2. The highest BCUT2D eigenvalue weighted by Gasteiger charge is 2.32. The van der Waals surface area contributed by atoms with Crippen LogP contribution in [0.3, 0.4) is 0 Å². The molecule has 1 aromatic rings. The summed E-state index contributed by atoms with van der Waals surface area (Å²) in [5, 5.41) is 0. The van der Waals surface area contributed by atoms with E-state index in [0.29, 0.717) is 13.0 Å². The number of likely N-dealkylation sites (tertiary alicyclic amines) is 1. The van der Waals surface area contributed by atoms with Gasteiger partial charge in [-0.15, -0.1) is 0 Å². The average molecular weight is 343 g/mol. The van der Waals surface area contributed by atoms with Gasteiger partial charge in [0.25, 0.3) is 0 Å². The first-order valence-electron chi connectivity index (χ1n) is 9.43. The highest BCUT2D eigenvalue weighted by Crippen LogP contribution is 2.21. The first-order chi connectivity index (χ1) is 12.0. The SMILES string of the molecule is Cc1ccc(N2C[C@@H](C)N(C(=O)CCCN3CCCC3)CC2=O)cc1. The molecule has 25 heavy (non-hydrogen) atoms. The number of nitrogens with zero attached hydrogens (tertiary/aromatic N) is 3. The van der Waals surface area contributed by atoms with Crippen molar-refractivity contribution in [2.24, 2.45) is 0 Å². The molecule has 1 atom stereocenters. The van der Waals surface area contributed by atoms with Crippen molar-refractivity contribution in [1.82, 2.24) is 9.80 Å². The second-order valence-electron chi connectivity index (χ2n) is 7.36. The molecule has 0 bridgehead atoms. The lowest BCUT2D eigenvalue weighted by molar-refractivity contribution is -0.139. The molecule has 0 aromatic heterocycles. The monoisotopic (exact) mass is 343 g/mol. The highest BCUT2D eigenvalue weighted by atomic mass is 16.2. The van der Waals surface area contributed by atoms with Gasteiger partial charge in [0, 0.05) is 24.7 Å². The molecule has 3 rings (SSSR count). The fourth-order valence-electron chi connectivity index (χ4n) is 3.76. The molecule has 1 aromatic carbocycles. The fourth-order valence-corrected chi connectivity index (χ4v) is 3.76. The molecule has 2 fully saturated rings. The van der Waals surface area contributed by atoms with E-state index < -0.39 is 0 Å². The number of hydrogen-bond acceptors (Lipinski definition) is 3. The first-order valence-corrected chi connectivity index (χ1v) is 9.43. The Hall–Kier alpha value is -1.88. The largest absolute Gasteiger partial charge is 0.329 e. The number of anilines is 1. The molecule has 0 saturated carbocycles. The summed E-state index contributed by atoms with van der Waals surface area (Å²) in [6, 6.07) is 8.05. The van der Waals surface area contributed by atoms with E-state index in [0.717, 1.165) is 31.7 Å². The van der Waals surface area contributed by atoms with Crippen LogP contribution in [0.1, 0.15) is 38.2 Å². The van der Waals surface area contributed by atoms with Gasteiger partial charge >= 0.3 is 0 Å². The van der Waals surface area contributed by atoms with Crippen LogP contribution < -0.4 is 4.90 Å². The summed E-state index contributed by atoms with van der Waals surface area (Å²) in [6.07, 6.45) is 3.98. The van der Waals surface area contributed by atoms with Crippen LogP contribution in [0.15, 0.2) is 24.3 Å². The van der Waals surface area contributed by atoms with Crippen LogP contribution in [0.2, 0.25) is 0 Å². The van der Waals surface area contributed by atoms with E-state index in [4.69, 9.17) is 0 Å². The molecule has 0 radical (unpaired) electrons. The summed E-state index contributed by atoms with van der Waals surface area (Å²) >= 11 is 0. The standard InChI is InChI=1S/C20H29N3O2/c1-16-7-9-18(10-8-16)23-14-17(2)22(15-20(23)25)19(24)6-5-13-21-11-3-4-12-21/h7-10,17H,3-6,11-15H2,1-2H3/t17-/m1/s1. The van der Waals surface area contributed by atoms with Crippen LogP contribution in [-0.2, 0) is 9.59 Å². The van der Waals surface area contributed by atoms with Crippen molar-refractivity contribution in [1.29, 1.82) is 0 Å². The van der Waals surface area contributed by atoms with Crippen LogP contribution in [0, 0.1) is 6.92 Å². The van der Waals surface area contributed by atoms with Gasteiger partial charge in [0.2, 0.25) is 11.8 Å². The predicted octanol–water partition coefficient (Wildman–Crippen LogP) is 2.43. The Morgan fingerprint density at radius 1 is 1.16 bits per heavy atom. The zero-order valence-corrected chi connectivity index (χ0v) is 15.4. The van der Waals surface area contributed by atoms with E-state index in [1.54, 1.807) is 9.80 Å². The minimum absolute atomic E-state index is 0.00912. The molecule has 2 heterocycles. The van der Waals surface area contributed by atoms with Crippen LogP contribution in [0.5, 0.6) is 0 Å². The third-order valence-corrected chi connectivity index (χ3v) is 5.32. The number of hydrogen-bond donors (Lipinski definition) is 0. The second-order valence-corrected chi connectivity index (χ2v) is 7.36. The van der Waals surface area contributed by atoms with Crippen molar-refractivity contribution >= 4 is 17.5 Å². The van der Waals surface area contributed by atoms with Gasteiger partial charge in [-0.05, 0) is 64.9 Å². The molecule has 2 amide bonds. The summed E-state index contributed by atoms with van der Waals surface area (Å²) in [7, 11) is 0. The van der Waals surface area contributed by atoms with Crippen molar-refractivity contribution < 1.29 is 9.59 Å². The number of aryl methyl sites for hydroxylation is 1. The zero-order valence-electron chi connectivity index (χ0n) is 15.4. The normalized spacial score (nSPS) is 21.8. The molecule has 2 aliphatic heterocycles. The Kier molecular flexibility index (Phi) is 5.74. The van der Waals surface area contributed by atoms with Gasteiger partial charge in [-0.2, -0.15) is 0 Å². The van der Waals surface area contributed by atoms with Crippen LogP contribution >= 0.6 is 0 Å². The smallest absolute Gasteiger partial charge is 0.246 e. The summed E-state index contributed by atoms with van der Waals surface area (Å²) in [5.41, 5.74) is 2.10. The van der Waals surface area contributed by atoms with Crippen LogP contribution in [-0.4, -0.2) is 60.4 Å². The van der Waals surface area contributed by atoms with E-state index >= 15 is 0 Å². The number of carbonyl (C=O) groups excluding carboxylic acids is 2.